The van der Waals surface area contributed by atoms with Gasteiger partial charge in [-0.3, -0.25) is 0 Å². The summed E-state index contributed by atoms with van der Waals surface area (Å²) in [6, 6.07) is 64.6. The minimum absolute atomic E-state index is 0.719. The molecular weight excluding hydrogens is 613 g/mol. The number of hydrogen-bond donors (Lipinski definition) is 0. The van der Waals surface area contributed by atoms with Crippen molar-refractivity contribution in [1.82, 2.24) is 9.97 Å². The largest absolute Gasteiger partial charge is 0.226 e. The van der Waals surface area contributed by atoms with Crippen LogP contribution in [0.1, 0.15) is 0 Å². The van der Waals surface area contributed by atoms with Gasteiger partial charge in [0, 0.05) is 21.2 Å². The van der Waals surface area contributed by atoms with Crippen molar-refractivity contribution >= 4 is 31.6 Å². The summed E-state index contributed by atoms with van der Waals surface area (Å²) < 4.78 is 2.32. The molecule has 7 aromatic carbocycles. The summed E-state index contributed by atoms with van der Waals surface area (Å²) in [6.07, 6.45) is 0. The molecule has 0 atom stereocenters. The van der Waals surface area contributed by atoms with Crippen LogP contribution in [0.2, 0.25) is 0 Å². The summed E-state index contributed by atoms with van der Waals surface area (Å²) in [6.45, 7) is 0. The molecule has 0 spiro atoms. The van der Waals surface area contributed by atoms with Gasteiger partial charge >= 0.3 is 0 Å². The third kappa shape index (κ3) is 5.61. The summed E-state index contributed by atoms with van der Waals surface area (Å²) in [5.41, 5.74) is 13.3. The number of aromatic nitrogens is 2. The fraction of sp³-hybridized carbons (Fsp3) is 0. The van der Waals surface area contributed by atoms with Crippen molar-refractivity contribution in [2.24, 2.45) is 0 Å². The minimum Gasteiger partial charge on any atom is -0.226 e. The van der Waals surface area contributed by atoms with E-state index in [-0.39, 0.29) is 0 Å². The normalized spacial score (nSPS) is 11.3. The summed E-state index contributed by atoms with van der Waals surface area (Å²) >= 11 is 1.76. The predicted molar refractivity (Wildman–Crippen MR) is 208 cm³/mol. The van der Waals surface area contributed by atoms with Gasteiger partial charge in [0.2, 0.25) is 0 Å². The molecular formula is C46H30N2S. The van der Waals surface area contributed by atoms with Gasteiger partial charge in [0.15, 0.2) is 5.82 Å². The van der Waals surface area contributed by atoms with E-state index >= 15 is 0 Å². The zero-order valence-electron chi connectivity index (χ0n) is 26.6. The molecule has 2 heterocycles. The zero-order chi connectivity index (χ0) is 32.6. The minimum atomic E-state index is 0.719. The van der Waals surface area contributed by atoms with Crippen LogP contribution in [0.15, 0.2) is 182 Å². The number of rotatable bonds is 6. The van der Waals surface area contributed by atoms with Crippen molar-refractivity contribution < 1.29 is 0 Å². The second-order valence-electron chi connectivity index (χ2n) is 12.2. The molecule has 230 valence electrons. The second-order valence-corrected chi connectivity index (χ2v) is 13.3. The molecule has 49 heavy (non-hydrogen) atoms. The van der Waals surface area contributed by atoms with Gasteiger partial charge in [-0.15, -0.1) is 11.3 Å². The van der Waals surface area contributed by atoms with Crippen LogP contribution >= 0.6 is 11.3 Å². The maximum absolute atomic E-state index is 5.34. The zero-order valence-corrected chi connectivity index (χ0v) is 27.4. The highest BCUT2D eigenvalue weighted by Crippen LogP contribution is 2.41. The average Bonchev–Trinajstić information content (AvgIpc) is 3.57. The topological polar surface area (TPSA) is 25.8 Å². The molecule has 2 aromatic heterocycles. The monoisotopic (exact) mass is 642 g/mol. The predicted octanol–water partition coefficient (Wildman–Crippen LogP) is 12.8. The van der Waals surface area contributed by atoms with Crippen molar-refractivity contribution in [1.29, 1.82) is 0 Å². The van der Waals surface area contributed by atoms with E-state index in [1.54, 1.807) is 11.3 Å². The summed E-state index contributed by atoms with van der Waals surface area (Å²) in [4.78, 5) is 10.7. The Morgan fingerprint density at radius 2 is 0.755 bits per heavy atom. The van der Waals surface area contributed by atoms with E-state index in [1.165, 1.54) is 27.0 Å². The first kappa shape index (κ1) is 29.0. The summed E-state index contributed by atoms with van der Waals surface area (Å²) in [5, 5.41) is 1.16. The van der Waals surface area contributed by atoms with Crippen LogP contribution in [0.3, 0.4) is 0 Å². The molecule has 0 aliphatic heterocycles. The highest BCUT2D eigenvalue weighted by molar-refractivity contribution is 7.26. The fourth-order valence-electron chi connectivity index (χ4n) is 6.62. The van der Waals surface area contributed by atoms with Gasteiger partial charge in [0.05, 0.1) is 15.9 Å². The maximum atomic E-state index is 5.34. The van der Waals surface area contributed by atoms with Crippen LogP contribution in [0.4, 0.5) is 0 Å². The van der Waals surface area contributed by atoms with E-state index < -0.39 is 0 Å². The Kier molecular flexibility index (Phi) is 7.38. The second kappa shape index (κ2) is 12.5. The van der Waals surface area contributed by atoms with E-state index in [0.29, 0.717) is 0 Å². The lowest BCUT2D eigenvalue weighted by Gasteiger charge is -2.13. The van der Waals surface area contributed by atoms with E-state index in [0.717, 1.165) is 60.5 Å². The quantitative estimate of drug-likeness (QED) is 0.180. The average molecular weight is 643 g/mol. The van der Waals surface area contributed by atoms with Gasteiger partial charge in [0.1, 0.15) is 0 Å². The van der Waals surface area contributed by atoms with Gasteiger partial charge in [0.25, 0.3) is 0 Å². The first-order chi connectivity index (χ1) is 24.3. The van der Waals surface area contributed by atoms with Crippen LogP contribution in [-0.4, -0.2) is 9.97 Å². The van der Waals surface area contributed by atoms with Gasteiger partial charge in [-0.25, -0.2) is 9.97 Å². The van der Waals surface area contributed by atoms with Crippen LogP contribution in [0.5, 0.6) is 0 Å². The highest BCUT2D eigenvalue weighted by Gasteiger charge is 2.18. The molecule has 2 nitrogen and oxygen atoms in total. The van der Waals surface area contributed by atoms with Crippen LogP contribution < -0.4 is 0 Å². The molecule has 9 aromatic rings. The summed E-state index contributed by atoms with van der Waals surface area (Å²) in [5.74, 6) is 0.719. The van der Waals surface area contributed by atoms with E-state index in [2.05, 4.69) is 182 Å². The molecule has 9 rings (SSSR count). The van der Waals surface area contributed by atoms with E-state index in [1.807, 2.05) is 0 Å². The Bertz CT molecular complexity index is 2490. The number of fused-ring (bicyclic) bond motifs is 3. The molecule has 0 saturated heterocycles. The molecule has 0 aliphatic rings. The first-order valence-corrected chi connectivity index (χ1v) is 17.3. The van der Waals surface area contributed by atoms with Crippen molar-refractivity contribution in [2.75, 3.05) is 0 Å². The third-order valence-electron chi connectivity index (χ3n) is 9.06. The molecule has 3 heteroatoms. The number of benzene rings is 7. The first-order valence-electron chi connectivity index (χ1n) is 16.5. The van der Waals surface area contributed by atoms with Crippen molar-refractivity contribution in [3.63, 3.8) is 0 Å². The summed E-state index contributed by atoms with van der Waals surface area (Å²) in [7, 11) is 0. The van der Waals surface area contributed by atoms with E-state index in [4.69, 9.17) is 9.97 Å². The molecule has 0 aliphatic carbocycles. The number of hydrogen-bond acceptors (Lipinski definition) is 3. The van der Waals surface area contributed by atoms with Crippen molar-refractivity contribution in [3.8, 4) is 67.2 Å². The lowest BCUT2D eigenvalue weighted by atomic mass is 9.92. The van der Waals surface area contributed by atoms with Gasteiger partial charge in [-0.05, 0) is 80.9 Å². The highest BCUT2D eigenvalue weighted by atomic mass is 32.1. The standard InChI is InChI=1S/C46H30N2S/c1-4-14-31(15-5-1)34-20-12-22-36(26-34)38-28-39(37-23-13-21-35(27-37)32-16-6-2-7-17-32)30-40(29-38)46-47-43(33-18-8-3-9-19-33)45-44(48-46)41-24-10-11-25-42(41)49-45/h1-30H. The molecule has 0 saturated carbocycles. The van der Waals surface area contributed by atoms with Crippen LogP contribution in [-0.2, 0) is 0 Å². The fourth-order valence-corrected chi connectivity index (χ4v) is 7.77. The molecule has 0 unspecified atom stereocenters. The Morgan fingerprint density at radius 1 is 0.327 bits per heavy atom. The third-order valence-corrected chi connectivity index (χ3v) is 10.2. The van der Waals surface area contributed by atoms with Crippen molar-refractivity contribution in [2.45, 2.75) is 0 Å². The van der Waals surface area contributed by atoms with Crippen LogP contribution in [0.25, 0.3) is 87.5 Å². The van der Waals surface area contributed by atoms with Gasteiger partial charge in [-0.2, -0.15) is 0 Å². The van der Waals surface area contributed by atoms with Gasteiger partial charge < -0.3 is 0 Å². The van der Waals surface area contributed by atoms with Gasteiger partial charge in [-0.1, -0.05) is 146 Å². The molecule has 0 N–H and O–H groups in total. The Hall–Kier alpha value is -6.16. The lowest BCUT2D eigenvalue weighted by Crippen LogP contribution is -1.95. The molecule has 0 bridgehead atoms. The molecule has 0 amide bonds. The SMILES string of the molecule is c1ccc(-c2cccc(-c3cc(-c4cccc(-c5ccccc5)c4)cc(-c4nc(-c5ccccc5)c5sc6ccccc6c5n4)c3)c2)cc1. The Labute approximate surface area is 289 Å². The smallest absolute Gasteiger partial charge is 0.160 e. The Morgan fingerprint density at radius 3 is 1.33 bits per heavy atom. The molecule has 0 radical (unpaired) electrons. The van der Waals surface area contributed by atoms with E-state index in [9.17, 15) is 0 Å². The van der Waals surface area contributed by atoms with Crippen LogP contribution in [0, 0.1) is 0 Å². The Balaban J connectivity index is 1.28. The lowest BCUT2D eigenvalue weighted by molar-refractivity contribution is 1.24. The number of thiophene rings is 1. The maximum Gasteiger partial charge on any atom is 0.160 e. The van der Waals surface area contributed by atoms with Crippen molar-refractivity contribution in [3.05, 3.63) is 182 Å². The molecule has 0 fully saturated rings. The number of nitrogens with zero attached hydrogens (tertiary/aromatic N) is 2.